The number of hydrogen-bond acceptors (Lipinski definition) is 6. The van der Waals surface area contributed by atoms with E-state index in [-0.39, 0.29) is 5.91 Å². The average molecular weight is 479 g/mol. The van der Waals surface area contributed by atoms with Crippen LogP contribution in [0.5, 0.6) is 11.5 Å². The number of nitrogens with zero attached hydrogens (tertiary/aromatic N) is 1. The summed E-state index contributed by atoms with van der Waals surface area (Å²) in [7, 11) is 0. The van der Waals surface area contributed by atoms with E-state index in [1.54, 1.807) is 48.5 Å². The van der Waals surface area contributed by atoms with Crippen LogP contribution in [0.25, 0.3) is 10.1 Å². The van der Waals surface area contributed by atoms with Crippen LogP contribution in [-0.2, 0) is 0 Å². The number of halogens is 1. The fourth-order valence-corrected chi connectivity index (χ4v) is 4.44. The smallest absolute Gasteiger partial charge is 0.355 e. The zero-order chi connectivity index (χ0) is 23.2. The highest BCUT2D eigenvalue weighted by atomic mass is 35.5. The zero-order valence-electron chi connectivity index (χ0n) is 17.6. The van der Waals surface area contributed by atoms with Crippen molar-refractivity contribution >= 4 is 51.1 Å². The van der Waals surface area contributed by atoms with Gasteiger partial charge in [0.05, 0.1) is 17.8 Å². The van der Waals surface area contributed by atoms with E-state index in [4.69, 9.17) is 21.1 Å². The molecule has 4 aromatic rings. The van der Waals surface area contributed by atoms with Crippen LogP contribution in [0.3, 0.4) is 0 Å². The number of thiophene rings is 1. The van der Waals surface area contributed by atoms with Crippen molar-refractivity contribution in [3.8, 4) is 11.5 Å². The molecular weight excluding hydrogens is 460 g/mol. The summed E-state index contributed by atoms with van der Waals surface area (Å²) in [5.41, 5.74) is 3.58. The van der Waals surface area contributed by atoms with Crippen molar-refractivity contribution in [2.75, 3.05) is 6.61 Å². The lowest BCUT2D eigenvalue weighted by Gasteiger charge is -2.05. The molecule has 3 aromatic carbocycles. The number of carbonyl (C=O) groups is 2. The second-order valence-electron chi connectivity index (χ2n) is 6.86. The number of benzene rings is 3. The summed E-state index contributed by atoms with van der Waals surface area (Å²) in [6, 6.07) is 21.1. The Hall–Kier alpha value is -3.68. The van der Waals surface area contributed by atoms with Gasteiger partial charge in [-0.25, -0.2) is 10.2 Å². The normalized spacial score (nSPS) is 11.0. The van der Waals surface area contributed by atoms with Gasteiger partial charge in [-0.2, -0.15) is 5.10 Å². The van der Waals surface area contributed by atoms with E-state index in [1.807, 2.05) is 31.2 Å². The van der Waals surface area contributed by atoms with Gasteiger partial charge in [-0.05, 0) is 55.0 Å². The Morgan fingerprint density at radius 1 is 1.03 bits per heavy atom. The fraction of sp³-hybridized carbons (Fsp3) is 0.0800. The van der Waals surface area contributed by atoms with E-state index in [0.717, 1.165) is 10.1 Å². The molecule has 0 atom stereocenters. The van der Waals surface area contributed by atoms with Crippen LogP contribution in [0.2, 0.25) is 5.02 Å². The Morgan fingerprint density at radius 3 is 2.58 bits per heavy atom. The molecule has 0 bridgehead atoms. The number of hydrogen-bond donors (Lipinski definition) is 1. The predicted molar refractivity (Wildman–Crippen MR) is 131 cm³/mol. The number of ether oxygens (including phenoxy) is 2. The molecule has 1 N–H and O–H groups in total. The minimum atomic E-state index is -0.529. The van der Waals surface area contributed by atoms with Crippen molar-refractivity contribution in [2.24, 2.45) is 5.10 Å². The molecule has 0 saturated heterocycles. The third-order valence-corrected chi connectivity index (χ3v) is 6.25. The number of fused-ring (bicyclic) bond motifs is 1. The molecule has 1 aromatic heterocycles. The van der Waals surface area contributed by atoms with Crippen molar-refractivity contribution in [3.63, 3.8) is 0 Å². The standard InChI is InChI=1S/C25H19ClN2O4S/c1-2-31-18-12-10-17(11-13-18)24(29)28-27-15-16-6-5-7-19(14-16)32-25(30)23-22(26)20-8-3-4-9-21(20)33-23/h3-15H,2H2,1H3,(H,28,29)/b27-15+. The molecule has 4 rings (SSSR count). The van der Waals surface area contributed by atoms with Crippen LogP contribution in [0.4, 0.5) is 0 Å². The number of rotatable bonds is 7. The SMILES string of the molecule is CCOc1ccc(C(=O)N/N=C/c2cccc(OC(=O)c3sc4ccccc4c3Cl)c2)cc1. The van der Waals surface area contributed by atoms with E-state index < -0.39 is 5.97 Å². The van der Waals surface area contributed by atoms with Crippen LogP contribution in [-0.4, -0.2) is 24.7 Å². The Bertz CT molecular complexity index is 1330. The van der Waals surface area contributed by atoms with E-state index in [1.165, 1.54) is 17.6 Å². The van der Waals surface area contributed by atoms with Crippen molar-refractivity contribution in [2.45, 2.75) is 6.92 Å². The summed E-state index contributed by atoms with van der Waals surface area (Å²) >= 11 is 7.65. The van der Waals surface area contributed by atoms with Crippen LogP contribution < -0.4 is 14.9 Å². The van der Waals surface area contributed by atoms with Gasteiger partial charge in [0.25, 0.3) is 5.91 Å². The molecule has 0 spiro atoms. The first-order valence-corrected chi connectivity index (χ1v) is 11.3. The molecule has 0 aliphatic carbocycles. The Kier molecular flexibility index (Phi) is 7.02. The highest BCUT2D eigenvalue weighted by molar-refractivity contribution is 7.21. The maximum atomic E-state index is 12.6. The first-order chi connectivity index (χ1) is 16.0. The topological polar surface area (TPSA) is 77.0 Å². The van der Waals surface area contributed by atoms with Crippen molar-refractivity contribution in [3.05, 3.63) is 93.8 Å². The summed E-state index contributed by atoms with van der Waals surface area (Å²) in [4.78, 5) is 25.2. The molecule has 0 fully saturated rings. The lowest BCUT2D eigenvalue weighted by atomic mass is 10.2. The molecule has 1 heterocycles. The van der Waals surface area contributed by atoms with Gasteiger partial charge in [0.1, 0.15) is 16.4 Å². The van der Waals surface area contributed by atoms with Gasteiger partial charge in [-0.15, -0.1) is 11.3 Å². The molecule has 0 radical (unpaired) electrons. The van der Waals surface area contributed by atoms with Crippen LogP contribution >= 0.6 is 22.9 Å². The summed E-state index contributed by atoms with van der Waals surface area (Å²) in [5, 5.41) is 5.19. The molecule has 0 aliphatic rings. The molecule has 8 heteroatoms. The second-order valence-corrected chi connectivity index (χ2v) is 8.29. The lowest BCUT2D eigenvalue weighted by molar-refractivity contribution is 0.0740. The fourth-order valence-electron chi connectivity index (χ4n) is 3.06. The van der Waals surface area contributed by atoms with Gasteiger partial charge in [-0.3, -0.25) is 4.79 Å². The van der Waals surface area contributed by atoms with Gasteiger partial charge in [0.2, 0.25) is 0 Å². The summed E-state index contributed by atoms with van der Waals surface area (Å²) in [6.45, 7) is 2.45. The van der Waals surface area contributed by atoms with Crippen molar-refractivity contribution < 1.29 is 19.1 Å². The second kappa shape index (κ2) is 10.3. The number of esters is 1. The van der Waals surface area contributed by atoms with Gasteiger partial charge in [0, 0.05) is 15.6 Å². The highest BCUT2D eigenvalue weighted by Crippen LogP contribution is 2.35. The third kappa shape index (κ3) is 5.39. The largest absolute Gasteiger partial charge is 0.494 e. The van der Waals surface area contributed by atoms with Crippen molar-refractivity contribution in [1.29, 1.82) is 0 Å². The summed E-state index contributed by atoms with van der Waals surface area (Å²) < 4.78 is 11.8. The maximum absolute atomic E-state index is 12.6. The third-order valence-electron chi connectivity index (χ3n) is 4.60. The molecule has 0 aliphatic heterocycles. The zero-order valence-corrected chi connectivity index (χ0v) is 19.2. The molecule has 0 saturated carbocycles. The highest BCUT2D eigenvalue weighted by Gasteiger charge is 2.19. The predicted octanol–water partition coefficient (Wildman–Crippen LogP) is 5.94. The Morgan fingerprint density at radius 2 is 1.82 bits per heavy atom. The summed E-state index contributed by atoms with van der Waals surface area (Å²) in [5.74, 6) is 0.159. The quantitative estimate of drug-likeness (QED) is 0.154. The molecule has 6 nitrogen and oxygen atoms in total. The number of hydrazone groups is 1. The minimum Gasteiger partial charge on any atom is -0.494 e. The molecular formula is C25H19ClN2O4S. The van der Waals surface area contributed by atoms with Crippen molar-refractivity contribution in [1.82, 2.24) is 5.43 Å². The van der Waals surface area contributed by atoms with Gasteiger partial charge >= 0.3 is 5.97 Å². The summed E-state index contributed by atoms with van der Waals surface area (Å²) in [6.07, 6.45) is 1.47. The number of nitrogens with one attached hydrogen (secondary N) is 1. The molecule has 1 amide bonds. The van der Waals surface area contributed by atoms with Crippen LogP contribution in [0, 0.1) is 0 Å². The minimum absolute atomic E-state index is 0.343. The molecule has 0 unspecified atom stereocenters. The van der Waals surface area contributed by atoms with E-state index in [9.17, 15) is 9.59 Å². The lowest BCUT2D eigenvalue weighted by Crippen LogP contribution is -2.17. The average Bonchev–Trinajstić information content (AvgIpc) is 3.17. The Labute approximate surface area is 199 Å². The van der Waals surface area contributed by atoms with E-state index in [2.05, 4.69) is 10.5 Å². The monoisotopic (exact) mass is 478 g/mol. The van der Waals surface area contributed by atoms with E-state index >= 15 is 0 Å². The van der Waals surface area contributed by atoms with Gasteiger partial charge < -0.3 is 9.47 Å². The van der Waals surface area contributed by atoms with Gasteiger partial charge in [-0.1, -0.05) is 41.9 Å². The first kappa shape index (κ1) is 22.5. The van der Waals surface area contributed by atoms with Crippen LogP contribution in [0.1, 0.15) is 32.5 Å². The molecule has 166 valence electrons. The number of carbonyl (C=O) groups excluding carboxylic acids is 2. The Balaban J connectivity index is 1.40. The molecule has 33 heavy (non-hydrogen) atoms. The van der Waals surface area contributed by atoms with Crippen LogP contribution in [0.15, 0.2) is 77.9 Å². The maximum Gasteiger partial charge on any atom is 0.355 e. The van der Waals surface area contributed by atoms with E-state index in [0.29, 0.717) is 39.1 Å². The first-order valence-electron chi connectivity index (χ1n) is 10.1. The van der Waals surface area contributed by atoms with Gasteiger partial charge in [0.15, 0.2) is 0 Å². The number of amides is 1.